The Balaban J connectivity index is 2.06. The third-order valence-electron chi connectivity index (χ3n) is 2.31. The van der Waals surface area contributed by atoms with E-state index in [4.69, 9.17) is 4.52 Å². The summed E-state index contributed by atoms with van der Waals surface area (Å²) in [6.07, 6.45) is 0. The van der Waals surface area contributed by atoms with Crippen LogP contribution >= 0.6 is 0 Å². The molecule has 1 N–H and O–H groups in total. The molecule has 0 radical (unpaired) electrons. The van der Waals surface area contributed by atoms with Gasteiger partial charge in [0.2, 0.25) is 5.88 Å². The molecule has 17 heavy (non-hydrogen) atoms. The van der Waals surface area contributed by atoms with Crippen molar-refractivity contribution in [1.82, 2.24) is 5.16 Å². The van der Waals surface area contributed by atoms with Gasteiger partial charge >= 0.3 is 6.03 Å². The Morgan fingerprint density at radius 3 is 2.65 bits per heavy atom. The van der Waals surface area contributed by atoms with Crippen LogP contribution in [0.25, 0.3) is 0 Å². The van der Waals surface area contributed by atoms with Crippen molar-refractivity contribution in [2.75, 3.05) is 17.3 Å². The molecule has 0 bridgehead atoms. The van der Waals surface area contributed by atoms with Crippen LogP contribution < -0.4 is 10.2 Å². The lowest BCUT2D eigenvalue weighted by Crippen LogP contribution is -2.30. The fourth-order valence-corrected chi connectivity index (χ4v) is 1.38. The van der Waals surface area contributed by atoms with E-state index in [0.717, 1.165) is 11.4 Å². The van der Waals surface area contributed by atoms with E-state index in [1.165, 1.54) is 4.90 Å². The first-order valence-corrected chi connectivity index (χ1v) is 5.20. The van der Waals surface area contributed by atoms with Gasteiger partial charge in [0, 0.05) is 18.8 Å². The number of aromatic nitrogens is 1. The molecule has 5 nitrogen and oxygen atoms in total. The Hall–Kier alpha value is -2.30. The van der Waals surface area contributed by atoms with Gasteiger partial charge in [-0.1, -0.05) is 23.4 Å². The van der Waals surface area contributed by atoms with Crippen molar-refractivity contribution in [3.63, 3.8) is 0 Å². The van der Waals surface area contributed by atoms with Gasteiger partial charge in [0.1, 0.15) is 0 Å². The standard InChI is InChI=1S/C12H13N3O2/c1-9-8-11(17-14-9)13-12(16)15(2)10-6-4-3-5-7-10/h3-8H,1-2H3,(H,13,16). The molecule has 0 aliphatic heterocycles. The zero-order chi connectivity index (χ0) is 12.3. The second kappa shape index (κ2) is 4.69. The van der Waals surface area contributed by atoms with Crippen LogP contribution in [0, 0.1) is 6.92 Å². The zero-order valence-corrected chi connectivity index (χ0v) is 9.68. The molecule has 2 rings (SSSR count). The number of nitrogens with zero attached hydrogens (tertiary/aromatic N) is 2. The van der Waals surface area contributed by atoms with Crippen LogP contribution in [0.3, 0.4) is 0 Å². The lowest BCUT2D eigenvalue weighted by molar-refractivity contribution is 0.257. The van der Waals surface area contributed by atoms with E-state index in [9.17, 15) is 4.79 Å². The first-order valence-electron chi connectivity index (χ1n) is 5.20. The molecule has 1 aromatic carbocycles. The van der Waals surface area contributed by atoms with E-state index in [1.807, 2.05) is 30.3 Å². The highest BCUT2D eigenvalue weighted by molar-refractivity contribution is 6.00. The molecule has 0 saturated carbocycles. The maximum Gasteiger partial charge on any atom is 0.328 e. The van der Waals surface area contributed by atoms with E-state index < -0.39 is 0 Å². The molecule has 0 atom stereocenters. The Morgan fingerprint density at radius 2 is 2.06 bits per heavy atom. The fraction of sp³-hybridized carbons (Fsp3) is 0.167. The minimum Gasteiger partial charge on any atom is -0.338 e. The third kappa shape index (κ3) is 2.63. The summed E-state index contributed by atoms with van der Waals surface area (Å²) in [6, 6.07) is 10.7. The molecule has 0 spiro atoms. The fourth-order valence-electron chi connectivity index (χ4n) is 1.38. The average molecular weight is 231 g/mol. The van der Waals surface area contributed by atoms with Crippen LogP contribution in [0.5, 0.6) is 0 Å². The molecular weight excluding hydrogens is 218 g/mol. The maximum absolute atomic E-state index is 11.8. The first-order chi connectivity index (χ1) is 8.16. The monoisotopic (exact) mass is 231 g/mol. The smallest absolute Gasteiger partial charge is 0.328 e. The Bertz CT molecular complexity index is 507. The summed E-state index contributed by atoms with van der Waals surface area (Å²) in [5, 5.41) is 6.31. The number of benzene rings is 1. The molecular formula is C12H13N3O2. The van der Waals surface area contributed by atoms with Crippen molar-refractivity contribution in [2.24, 2.45) is 0 Å². The van der Waals surface area contributed by atoms with Gasteiger partial charge in [0.15, 0.2) is 0 Å². The van der Waals surface area contributed by atoms with Gasteiger partial charge in [-0.3, -0.25) is 10.2 Å². The molecule has 1 aromatic heterocycles. The van der Waals surface area contributed by atoms with Crippen LogP contribution in [-0.4, -0.2) is 18.2 Å². The zero-order valence-electron chi connectivity index (χ0n) is 9.68. The average Bonchev–Trinajstić information content (AvgIpc) is 2.75. The predicted octanol–water partition coefficient (Wildman–Crippen LogP) is 2.65. The first kappa shape index (κ1) is 11.2. The van der Waals surface area contributed by atoms with Gasteiger partial charge in [0.25, 0.3) is 0 Å². The summed E-state index contributed by atoms with van der Waals surface area (Å²) in [4.78, 5) is 13.3. The normalized spacial score (nSPS) is 10.0. The number of nitrogens with one attached hydrogen (secondary N) is 1. The number of hydrogen-bond acceptors (Lipinski definition) is 3. The minimum atomic E-state index is -0.271. The van der Waals surface area contributed by atoms with Crippen molar-refractivity contribution in [1.29, 1.82) is 0 Å². The summed E-state index contributed by atoms with van der Waals surface area (Å²) >= 11 is 0. The molecule has 0 unspecified atom stereocenters. The molecule has 2 aromatic rings. The maximum atomic E-state index is 11.8. The molecule has 0 fully saturated rings. The van der Waals surface area contributed by atoms with Crippen molar-refractivity contribution in [2.45, 2.75) is 6.92 Å². The lowest BCUT2D eigenvalue weighted by Gasteiger charge is -2.16. The molecule has 2 amide bonds. The predicted molar refractivity (Wildman–Crippen MR) is 65.1 cm³/mol. The number of amides is 2. The summed E-state index contributed by atoms with van der Waals surface area (Å²) < 4.78 is 4.91. The van der Waals surface area contributed by atoms with Crippen LogP contribution in [0.2, 0.25) is 0 Å². The lowest BCUT2D eigenvalue weighted by atomic mass is 10.3. The van der Waals surface area contributed by atoms with Crippen LogP contribution in [0.4, 0.5) is 16.4 Å². The van der Waals surface area contributed by atoms with Crippen LogP contribution in [-0.2, 0) is 0 Å². The molecule has 5 heteroatoms. The summed E-state index contributed by atoms with van der Waals surface area (Å²) in [5.41, 5.74) is 1.53. The SMILES string of the molecule is Cc1cc(NC(=O)N(C)c2ccccc2)on1. The number of hydrogen-bond donors (Lipinski definition) is 1. The van der Waals surface area contributed by atoms with Gasteiger partial charge < -0.3 is 4.52 Å². The Labute approximate surface area is 99.0 Å². The second-order valence-corrected chi connectivity index (χ2v) is 3.66. The Kier molecular flexibility index (Phi) is 3.09. The van der Waals surface area contributed by atoms with Gasteiger partial charge in [-0.05, 0) is 19.1 Å². The van der Waals surface area contributed by atoms with Gasteiger partial charge in [0.05, 0.1) is 5.69 Å². The quantitative estimate of drug-likeness (QED) is 0.864. The highest BCUT2D eigenvalue weighted by Gasteiger charge is 2.12. The molecule has 0 aliphatic carbocycles. The number of rotatable bonds is 2. The highest BCUT2D eigenvalue weighted by Crippen LogP contribution is 2.14. The Morgan fingerprint density at radius 1 is 1.35 bits per heavy atom. The van der Waals surface area contributed by atoms with E-state index in [-0.39, 0.29) is 6.03 Å². The largest absolute Gasteiger partial charge is 0.338 e. The number of carbonyl (C=O) groups excluding carboxylic acids is 1. The summed E-state index contributed by atoms with van der Waals surface area (Å²) in [7, 11) is 1.69. The second-order valence-electron chi connectivity index (χ2n) is 3.66. The molecule has 0 aliphatic rings. The van der Waals surface area contributed by atoms with Crippen molar-refractivity contribution >= 4 is 17.6 Å². The summed E-state index contributed by atoms with van der Waals surface area (Å²) in [5.74, 6) is 0.343. The number of para-hydroxylation sites is 1. The number of aryl methyl sites for hydroxylation is 1. The van der Waals surface area contributed by atoms with E-state index in [0.29, 0.717) is 5.88 Å². The van der Waals surface area contributed by atoms with Crippen LogP contribution in [0.15, 0.2) is 40.9 Å². The molecule has 88 valence electrons. The minimum absolute atomic E-state index is 0.271. The van der Waals surface area contributed by atoms with E-state index in [1.54, 1.807) is 20.0 Å². The number of urea groups is 1. The number of anilines is 2. The van der Waals surface area contributed by atoms with E-state index >= 15 is 0 Å². The summed E-state index contributed by atoms with van der Waals surface area (Å²) in [6.45, 7) is 1.79. The third-order valence-corrected chi connectivity index (χ3v) is 2.31. The van der Waals surface area contributed by atoms with Gasteiger partial charge in [-0.15, -0.1) is 0 Å². The highest BCUT2D eigenvalue weighted by atomic mass is 16.5. The van der Waals surface area contributed by atoms with Crippen molar-refractivity contribution in [3.8, 4) is 0 Å². The van der Waals surface area contributed by atoms with Crippen molar-refractivity contribution < 1.29 is 9.32 Å². The van der Waals surface area contributed by atoms with Crippen LogP contribution in [0.1, 0.15) is 5.69 Å². The van der Waals surface area contributed by atoms with Gasteiger partial charge in [-0.2, -0.15) is 0 Å². The molecule has 1 heterocycles. The van der Waals surface area contributed by atoms with Gasteiger partial charge in [-0.25, -0.2) is 4.79 Å². The van der Waals surface area contributed by atoms with E-state index in [2.05, 4.69) is 10.5 Å². The van der Waals surface area contributed by atoms with Crippen molar-refractivity contribution in [3.05, 3.63) is 42.1 Å². The topological polar surface area (TPSA) is 58.4 Å². The molecule has 0 saturated heterocycles. The number of carbonyl (C=O) groups is 1.